The molecule has 0 aromatic heterocycles. The number of amides is 1. The summed E-state index contributed by atoms with van der Waals surface area (Å²) in [6, 6.07) is 21.8. The molecule has 1 heterocycles. The molecule has 3 aromatic carbocycles. The molecular weight excluding hydrogens is 440 g/mol. The molecule has 0 atom stereocenters. The van der Waals surface area contributed by atoms with Crippen molar-refractivity contribution in [3.63, 3.8) is 0 Å². The van der Waals surface area contributed by atoms with Crippen molar-refractivity contribution in [1.29, 1.82) is 0 Å². The number of non-ortho nitro benzene ring substituents is 1. The lowest BCUT2D eigenvalue weighted by Gasteiger charge is -2.36. The second kappa shape index (κ2) is 10.5. The number of benzene rings is 3. The summed E-state index contributed by atoms with van der Waals surface area (Å²) in [6.45, 7) is 4.62. The van der Waals surface area contributed by atoms with Crippen LogP contribution in [-0.2, 0) is 17.8 Å². The van der Waals surface area contributed by atoms with Gasteiger partial charge in [-0.25, -0.2) is 0 Å². The summed E-state index contributed by atoms with van der Waals surface area (Å²) in [5, 5.41) is 14.4. The van der Waals surface area contributed by atoms with Crippen LogP contribution in [0.4, 0.5) is 17.1 Å². The van der Waals surface area contributed by atoms with E-state index < -0.39 is 4.92 Å². The van der Waals surface area contributed by atoms with Crippen LogP contribution in [0.1, 0.15) is 11.1 Å². The van der Waals surface area contributed by atoms with Crippen molar-refractivity contribution in [2.75, 3.05) is 36.4 Å². The second-order valence-corrected chi connectivity index (χ2v) is 8.46. The van der Waals surface area contributed by atoms with Crippen molar-refractivity contribution in [2.45, 2.75) is 13.0 Å². The molecule has 0 bridgehead atoms. The number of hydrogen-bond acceptors (Lipinski definition) is 5. The molecule has 0 aliphatic carbocycles. The Labute approximate surface area is 197 Å². The number of piperazine rings is 1. The lowest BCUT2D eigenvalue weighted by Crippen LogP contribution is -2.46. The summed E-state index contributed by atoms with van der Waals surface area (Å²) in [7, 11) is 0. The van der Waals surface area contributed by atoms with Gasteiger partial charge in [0.1, 0.15) is 0 Å². The van der Waals surface area contributed by atoms with E-state index in [2.05, 4.69) is 21.2 Å². The second-order valence-electron chi connectivity index (χ2n) is 8.05. The maximum atomic E-state index is 12.3. The summed E-state index contributed by atoms with van der Waals surface area (Å²) < 4.78 is 0. The highest BCUT2D eigenvalue weighted by Gasteiger charge is 2.18. The number of carbonyl (C=O) groups is 1. The molecule has 170 valence electrons. The predicted octanol–water partition coefficient (Wildman–Crippen LogP) is 4.75. The zero-order valence-corrected chi connectivity index (χ0v) is 18.9. The molecule has 1 aliphatic heterocycles. The molecule has 3 aromatic rings. The lowest BCUT2D eigenvalue weighted by atomic mass is 10.1. The normalized spacial score (nSPS) is 14.2. The van der Waals surface area contributed by atoms with E-state index in [0.717, 1.165) is 60.2 Å². The Balaban J connectivity index is 1.26. The van der Waals surface area contributed by atoms with Crippen molar-refractivity contribution in [3.8, 4) is 0 Å². The van der Waals surface area contributed by atoms with Gasteiger partial charge in [-0.1, -0.05) is 41.9 Å². The summed E-state index contributed by atoms with van der Waals surface area (Å²) in [6.07, 6.45) is 0.160. The maximum absolute atomic E-state index is 12.3. The van der Waals surface area contributed by atoms with Gasteiger partial charge in [0.15, 0.2) is 0 Å². The van der Waals surface area contributed by atoms with Crippen LogP contribution in [0, 0.1) is 10.1 Å². The molecular formula is C25H25ClN4O3. The standard InChI is InChI=1S/C25H25ClN4O3/c26-24-4-2-1-3-20(24)18-28-13-15-29(16-14-28)22-11-7-21(8-12-22)27-25(31)17-19-5-9-23(10-6-19)30(32)33/h1-12H,13-18H2,(H,27,31). The third-order valence-electron chi connectivity index (χ3n) is 5.75. The fraction of sp³-hybridized carbons (Fsp3) is 0.240. The number of nitrogens with one attached hydrogen (secondary N) is 1. The zero-order chi connectivity index (χ0) is 23.2. The first-order valence-electron chi connectivity index (χ1n) is 10.8. The highest BCUT2D eigenvalue weighted by atomic mass is 35.5. The van der Waals surface area contributed by atoms with Gasteiger partial charge >= 0.3 is 0 Å². The van der Waals surface area contributed by atoms with Crippen molar-refractivity contribution in [3.05, 3.63) is 99.1 Å². The van der Waals surface area contributed by atoms with E-state index in [9.17, 15) is 14.9 Å². The molecule has 1 aliphatic rings. The van der Waals surface area contributed by atoms with E-state index in [-0.39, 0.29) is 18.0 Å². The Kier molecular flexibility index (Phi) is 7.22. The fourth-order valence-corrected chi connectivity index (χ4v) is 4.11. The average Bonchev–Trinajstić information content (AvgIpc) is 2.82. The first-order chi connectivity index (χ1) is 16.0. The first-order valence-corrected chi connectivity index (χ1v) is 11.2. The molecule has 1 amide bonds. The van der Waals surface area contributed by atoms with Gasteiger partial charge in [0.25, 0.3) is 5.69 Å². The van der Waals surface area contributed by atoms with E-state index in [4.69, 9.17) is 11.6 Å². The van der Waals surface area contributed by atoms with Gasteiger partial charge < -0.3 is 10.2 Å². The van der Waals surface area contributed by atoms with Crippen molar-refractivity contribution in [1.82, 2.24) is 4.90 Å². The van der Waals surface area contributed by atoms with Crippen molar-refractivity contribution < 1.29 is 9.72 Å². The van der Waals surface area contributed by atoms with E-state index in [1.807, 2.05) is 42.5 Å². The molecule has 4 rings (SSSR count). The number of anilines is 2. The smallest absolute Gasteiger partial charge is 0.269 e. The molecule has 33 heavy (non-hydrogen) atoms. The van der Waals surface area contributed by atoms with Gasteiger partial charge in [0.2, 0.25) is 5.91 Å². The SMILES string of the molecule is O=C(Cc1ccc([N+](=O)[O-])cc1)Nc1ccc(N2CCN(Cc3ccccc3Cl)CC2)cc1. The molecule has 7 nitrogen and oxygen atoms in total. The monoisotopic (exact) mass is 464 g/mol. The highest BCUT2D eigenvalue weighted by molar-refractivity contribution is 6.31. The quantitative estimate of drug-likeness (QED) is 0.403. The number of carbonyl (C=O) groups excluding carboxylic acids is 1. The molecule has 0 saturated carbocycles. The number of hydrogen-bond donors (Lipinski definition) is 1. The fourth-order valence-electron chi connectivity index (χ4n) is 3.91. The van der Waals surface area contributed by atoms with Gasteiger partial charge in [-0.05, 0) is 41.5 Å². The summed E-state index contributed by atoms with van der Waals surface area (Å²) in [5.41, 5.74) is 3.74. The van der Waals surface area contributed by atoms with Crippen LogP contribution in [0.2, 0.25) is 5.02 Å². The van der Waals surface area contributed by atoms with E-state index in [1.165, 1.54) is 12.1 Å². The predicted molar refractivity (Wildman–Crippen MR) is 131 cm³/mol. The molecule has 0 spiro atoms. The third-order valence-corrected chi connectivity index (χ3v) is 6.12. The Hall–Kier alpha value is -3.42. The number of halogens is 1. The zero-order valence-electron chi connectivity index (χ0n) is 18.1. The van der Waals surface area contributed by atoms with Gasteiger partial charge in [0, 0.05) is 61.3 Å². The van der Waals surface area contributed by atoms with Crippen LogP contribution in [0.15, 0.2) is 72.8 Å². The van der Waals surface area contributed by atoms with E-state index in [1.54, 1.807) is 12.1 Å². The first kappa shape index (κ1) is 22.8. The molecule has 8 heteroatoms. The van der Waals surface area contributed by atoms with E-state index in [0.29, 0.717) is 0 Å². The van der Waals surface area contributed by atoms with E-state index >= 15 is 0 Å². The largest absolute Gasteiger partial charge is 0.369 e. The van der Waals surface area contributed by atoms with Gasteiger partial charge in [-0.2, -0.15) is 0 Å². The Morgan fingerprint density at radius 1 is 0.939 bits per heavy atom. The molecule has 1 saturated heterocycles. The van der Waals surface area contributed by atoms with Gasteiger partial charge in [0.05, 0.1) is 11.3 Å². The van der Waals surface area contributed by atoms with Crippen LogP contribution >= 0.6 is 11.6 Å². The minimum absolute atomic E-state index is 0.0134. The number of nitro groups is 1. The maximum Gasteiger partial charge on any atom is 0.269 e. The Bertz CT molecular complexity index is 1110. The summed E-state index contributed by atoms with van der Waals surface area (Å²) >= 11 is 6.29. The van der Waals surface area contributed by atoms with Crippen LogP contribution in [0.5, 0.6) is 0 Å². The highest BCUT2D eigenvalue weighted by Crippen LogP contribution is 2.22. The van der Waals surface area contributed by atoms with Crippen LogP contribution in [0.3, 0.4) is 0 Å². The topological polar surface area (TPSA) is 78.7 Å². The summed E-state index contributed by atoms with van der Waals surface area (Å²) in [4.78, 5) is 27.4. The summed E-state index contributed by atoms with van der Waals surface area (Å²) in [5.74, 6) is -0.162. The number of nitrogens with zero attached hydrogens (tertiary/aromatic N) is 3. The van der Waals surface area contributed by atoms with Crippen molar-refractivity contribution >= 4 is 34.6 Å². The van der Waals surface area contributed by atoms with Gasteiger partial charge in [-0.3, -0.25) is 19.8 Å². The Morgan fingerprint density at radius 2 is 1.61 bits per heavy atom. The average molecular weight is 465 g/mol. The van der Waals surface area contributed by atoms with Crippen LogP contribution in [-0.4, -0.2) is 41.9 Å². The lowest BCUT2D eigenvalue weighted by molar-refractivity contribution is -0.384. The third kappa shape index (κ3) is 6.09. The van der Waals surface area contributed by atoms with Gasteiger partial charge in [-0.15, -0.1) is 0 Å². The van der Waals surface area contributed by atoms with Crippen LogP contribution < -0.4 is 10.2 Å². The molecule has 1 N–H and O–H groups in total. The molecule has 0 unspecified atom stereocenters. The Morgan fingerprint density at radius 3 is 2.24 bits per heavy atom. The minimum Gasteiger partial charge on any atom is -0.369 e. The van der Waals surface area contributed by atoms with Crippen LogP contribution in [0.25, 0.3) is 0 Å². The molecule has 0 radical (unpaired) electrons. The number of nitro benzene ring substituents is 1. The molecule has 1 fully saturated rings. The minimum atomic E-state index is -0.454. The number of rotatable bonds is 7. The van der Waals surface area contributed by atoms with Crippen molar-refractivity contribution in [2.24, 2.45) is 0 Å².